The molecular weight excluding hydrogens is 562 g/mol. The molecule has 4 aromatic rings. The third-order valence-corrected chi connectivity index (χ3v) is 7.94. The van der Waals surface area contributed by atoms with Crippen molar-refractivity contribution in [2.75, 3.05) is 7.11 Å². The number of esters is 1. The van der Waals surface area contributed by atoms with Crippen LogP contribution in [-0.4, -0.2) is 49.1 Å². The third kappa shape index (κ3) is 6.35. The first kappa shape index (κ1) is 28.4. The Kier molecular flexibility index (Phi) is 8.48. The van der Waals surface area contributed by atoms with Crippen molar-refractivity contribution in [3.05, 3.63) is 79.7 Å². The zero-order chi connectivity index (χ0) is 28.3. The van der Waals surface area contributed by atoms with Gasteiger partial charge in [-0.3, -0.25) is 23.9 Å². The standard InChI is InChI=1S/C26H24ClN5O5S2/c1-26(2,3)25(36)32-22(38-14-15-5-7-20(27)39-15)11-17(30-32)23-16(24(35)37-4)6-8-21(34)31(23)13-19(33)18-12-28-9-10-29-18/h5-12H,13-14H2,1-4H3. The number of hydrogen-bond donors (Lipinski definition) is 0. The Labute approximate surface area is 237 Å². The molecule has 4 aromatic heterocycles. The van der Waals surface area contributed by atoms with E-state index in [4.69, 9.17) is 16.3 Å². The van der Waals surface area contributed by atoms with Crippen molar-refractivity contribution in [2.24, 2.45) is 5.41 Å². The number of aromatic nitrogens is 5. The summed E-state index contributed by atoms with van der Waals surface area (Å²) in [5.41, 5.74) is -1.06. The quantitative estimate of drug-likeness (QED) is 0.162. The van der Waals surface area contributed by atoms with E-state index in [0.29, 0.717) is 15.1 Å². The molecule has 0 fully saturated rings. The van der Waals surface area contributed by atoms with Crippen LogP contribution in [0.25, 0.3) is 11.4 Å². The Bertz CT molecular complexity index is 1600. The van der Waals surface area contributed by atoms with Gasteiger partial charge in [-0.05, 0) is 18.2 Å². The highest BCUT2D eigenvalue weighted by Gasteiger charge is 2.29. The minimum atomic E-state index is -0.783. The number of carbonyl (C=O) groups excluding carboxylic acids is 3. The lowest BCUT2D eigenvalue weighted by molar-refractivity contribution is 0.0600. The summed E-state index contributed by atoms with van der Waals surface area (Å²) in [6.07, 6.45) is 4.08. The lowest BCUT2D eigenvalue weighted by atomic mass is 9.96. The first-order chi connectivity index (χ1) is 18.5. The highest BCUT2D eigenvalue weighted by molar-refractivity contribution is 7.98. The molecule has 0 N–H and O–H groups in total. The molecule has 13 heteroatoms. The van der Waals surface area contributed by atoms with Crippen LogP contribution in [0.15, 0.2) is 58.7 Å². The van der Waals surface area contributed by atoms with Gasteiger partial charge in [0.15, 0.2) is 0 Å². The molecule has 0 saturated carbocycles. The number of ketones is 1. The van der Waals surface area contributed by atoms with E-state index in [-0.39, 0.29) is 28.6 Å². The monoisotopic (exact) mass is 585 g/mol. The first-order valence-electron chi connectivity index (χ1n) is 11.6. The summed E-state index contributed by atoms with van der Waals surface area (Å²) in [5.74, 6) is -1.01. The number of thiophene rings is 1. The molecule has 202 valence electrons. The van der Waals surface area contributed by atoms with E-state index in [1.807, 2.05) is 6.07 Å². The van der Waals surface area contributed by atoms with Crippen LogP contribution in [0.3, 0.4) is 0 Å². The van der Waals surface area contributed by atoms with Crippen LogP contribution >= 0.6 is 34.7 Å². The number of hydrogen-bond acceptors (Lipinski definition) is 10. The molecule has 0 atom stereocenters. The molecule has 4 heterocycles. The van der Waals surface area contributed by atoms with Gasteiger partial charge < -0.3 is 4.74 Å². The van der Waals surface area contributed by atoms with E-state index < -0.39 is 29.3 Å². The summed E-state index contributed by atoms with van der Waals surface area (Å²) in [6, 6.07) is 7.80. The van der Waals surface area contributed by atoms with Crippen LogP contribution < -0.4 is 5.56 Å². The molecule has 0 unspecified atom stereocenters. The summed E-state index contributed by atoms with van der Waals surface area (Å²) in [4.78, 5) is 61.1. The summed E-state index contributed by atoms with van der Waals surface area (Å²) in [6.45, 7) is 4.86. The Morgan fingerprint density at radius 2 is 1.90 bits per heavy atom. The highest BCUT2D eigenvalue weighted by atomic mass is 35.5. The second-order valence-corrected chi connectivity index (χ2v) is 12.1. The second kappa shape index (κ2) is 11.6. The number of methoxy groups -OCH3 is 1. The van der Waals surface area contributed by atoms with Crippen LogP contribution in [0.2, 0.25) is 4.34 Å². The van der Waals surface area contributed by atoms with Gasteiger partial charge in [0.25, 0.3) is 11.5 Å². The van der Waals surface area contributed by atoms with Crippen LogP contribution in [-0.2, 0) is 17.0 Å². The van der Waals surface area contributed by atoms with Crippen molar-refractivity contribution in [3.63, 3.8) is 0 Å². The van der Waals surface area contributed by atoms with E-state index in [0.717, 1.165) is 9.44 Å². The van der Waals surface area contributed by atoms with Crippen LogP contribution in [0.1, 0.15) is 51.3 Å². The number of nitrogens with zero attached hydrogens (tertiary/aromatic N) is 5. The van der Waals surface area contributed by atoms with Crippen molar-refractivity contribution in [2.45, 2.75) is 38.1 Å². The molecule has 0 saturated heterocycles. The largest absolute Gasteiger partial charge is 0.465 e. The van der Waals surface area contributed by atoms with Crippen molar-refractivity contribution in [1.29, 1.82) is 0 Å². The van der Waals surface area contributed by atoms with Crippen molar-refractivity contribution >= 4 is 52.4 Å². The van der Waals surface area contributed by atoms with Crippen molar-refractivity contribution in [3.8, 4) is 11.4 Å². The van der Waals surface area contributed by atoms with Crippen LogP contribution in [0.4, 0.5) is 0 Å². The predicted octanol–water partition coefficient (Wildman–Crippen LogP) is 4.86. The van der Waals surface area contributed by atoms with E-state index in [1.165, 1.54) is 65.6 Å². The van der Waals surface area contributed by atoms with Gasteiger partial charge in [-0.1, -0.05) is 32.4 Å². The van der Waals surface area contributed by atoms with Crippen LogP contribution in [0.5, 0.6) is 0 Å². The predicted molar refractivity (Wildman–Crippen MR) is 149 cm³/mol. The molecule has 0 aromatic carbocycles. The molecule has 0 amide bonds. The van der Waals surface area contributed by atoms with Gasteiger partial charge in [-0.15, -0.1) is 23.1 Å². The molecule has 0 bridgehead atoms. The fourth-order valence-corrected chi connectivity index (χ4v) is 5.70. The maximum absolute atomic E-state index is 13.4. The summed E-state index contributed by atoms with van der Waals surface area (Å²) < 4.78 is 7.99. The molecule has 10 nitrogen and oxygen atoms in total. The molecule has 0 aliphatic heterocycles. The zero-order valence-electron chi connectivity index (χ0n) is 21.5. The number of halogens is 1. The highest BCUT2D eigenvalue weighted by Crippen LogP contribution is 2.33. The summed E-state index contributed by atoms with van der Waals surface area (Å²) in [5, 5.41) is 5.03. The number of rotatable bonds is 8. The van der Waals surface area contributed by atoms with E-state index in [9.17, 15) is 19.2 Å². The number of ether oxygens (including phenoxy) is 1. The molecule has 4 rings (SSSR count). The van der Waals surface area contributed by atoms with Gasteiger partial charge in [-0.2, -0.15) is 9.78 Å². The topological polar surface area (TPSA) is 126 Å². The first-order valence-corrected chi connectivity index (χ1v) is 13.8. The van der Waals surface area contributed by atoms with E-state index >= 15 is 0 Å². The Morgan fingerprint density at radius 3 is 2.51 bits per heavy atom. The van der Waals surface area contributed by atoms with E-state index in [2.05, 4.69) is 15.1 Å². The minimum Gasteiger partial charge on any atom is -0.465 e. The third-order valence-electron chi connectivity index (χ3n) is 5.48. The van der Waals surface area contributed by atoms with Gasteiger partial charge in [0, 0.05) is 40.6 Å². The average Bonchev–Trinajstić information content (AvgIpc) is 3.53. The van der Waals surface area contributed by atoms with Gasteiger partial charge in [-0.25, -0.2) is 9.78 Å². The molecular formula is C26H24ClN5O5S2. The number of Topliss-reactive ketones (excluding diaryl/α,β-unsaturated/α-hetero) is 1. The molecule has 0 radical (unpaired) electrons. The minimum absolute atomic E-state index is 0.0125. The van der Waals surface area contributed by atoms with Crippen LogP contribution in [0, 0.1) is 5.41 Å². The number of carbonyl (C=O) groups is 3. The van der Waals surface area contributed by atoms with E-state index in [1.54, 1.807) is 32.9 Å². The summed E-state index contributed by atoms with van der Waals surface area (Å²) >= 11 is 8.85. The van der Waals surface area contributed by atoms with Gasteiger partial charge in [0.1, 0.15) is 16.4 Å². The molecule has 39 heavy (non-hydrogen) atoms. The Hall–Kier alpha value is -3.61. The fraction of sp³-hybridized carbons (Fsp3) is 0.269. The van der Waals surface area contributed by atoms with Gasteiger partial charge in [0.05, 0.1) is 35.4 Å². The Morgan fingerprint density at radius 1 is 1.13 bits per heavy atom. The fourth-order valence-electron chi connectivity index (χ4n) is 3.57. The maximum Gasteiger partial charge on any atom is 0.340 e. The molecule has 0 spiro atoms. The molecule has 0 aliphatic carbocycles. The van der Waals surface area contributed by atoms with Gasteiger partial charge in [0.2, 0.25) is 5.78 Å². The normalized spacial score (nSPS) is 11.4. The molecule has 0 aliphatic rings. The lowest BCUT2D eigenvalue weighted by Gasteiger charge is -2.17. The average molecular weight is 586 g/mol. The SMILES string of the molecule is COC(=O)c1ccc(=O)n(CC(=O)c2cnccn2)c1-c1cc(SCc2ccc(Cl)s2)n(C(=O)C(C)(C)C)n1. The van der Waals surface area contributed by atoms with Gasteiger partial charge >= 0.3 is 5.97 Å². The second-order valence-electron chi connectivity index (χ2n) is 9.35. The maximum atomic E-state index is 13.4. The van der Waals surface area contributed by atoms with Crippen molar-refractivity contribution < 1.29 is 19.1 Å². The lowest BCUT2D eigenvalue weighted by Crippen LogP contribution is -2.29. The zero-order valence-corrected chi connectivity index (χ0v) is 23.9. The smallest absolute Gasteiger partial charge is 0.340 e. The number of thioether (sulfide) groups is 1. The Balaban J connectivity index is 1.87. The summed E-state index contributed by atoms with van der Waals surface area (Å²) in [7, 11) is 1.21. The number of pyridine rings is 1. The van der Waals surface area contributed by atoms with Crippen molar-refractivity contribution in [1.82, 2.24) is 24.3 Å².